The lowest BCUT2D eigenvalue weighted by Crippen LogP contribution is -2.48. The van der Waals surface area contributed by atoms with Gasteiger partial charge in [0.1, 0.15) is 0 Å². The maximum absolute atomic E-state index is 5.53. The zero-order chi connectivity index (χ0) is 17.4. The molecule has 6 heteroatoms. The minimum absolute atomic E-state index is 0.305. The van der Waals surface area contributed by atoms with E-state index >= 15 is 0 Å². The number of hydrogen-bond acceptors (Lipinski definition) is 5. The highest BCUT2D eigenvalue weighted by Crippen LogP contribution is 2.39. The van der Waals surface area contributed by atoms with Crippen molar-refractivity contribution in [1.29, 1.82) is 0 Å². The Morgan fingerprint density at radius 2 is 2.00 bits per heavy atom. The molecule has 138 valence electrons. The second-order valence-corrected chi connectivity index (χ2v) is 7.90. The average molecular weight is 354 g/mol. The molecule has 2 aromatic rings. The van der Waals surface area contributed by atoms with Crippen LogP contribution in [0.5, 0.6) is 11.5 Å². The number of nitrogens with one attached hydrogen (secondary N) is 2. The van der Waals surface area contributed by atoms with E-state index in [0.717, 1.165) is 29.3 Å². The number of piperidine rings is 2. The summed E-state index contributed by atoms with van der Waals surface area (Å²) in [5.74, 6) is 1.63. The van der Waals surface area contributed by atoms with Gasteiger partial charge >= 0.3 is 0 Å². The summed E-state index contributed by atoms with van der Waals surface area (Å²) < 4.78 is 11.0. The van der Waals surface area contributed by atoms with Gasteiger partial charge in [0.05, 0.1) is 11.9 Å². The zero-order valence-electron chi connectivity index (χ0n) is 15.1. The van der Waals surface area contributed by atoms with Crippen LogP contribution in [-0.4, -0.2) is 48.1 Å². The summed E-state index contributed by atoms with van der Waals surface area (Å²) in [5.41, 5.74) is 3.98. The van der Waals surface area contributed by atoms with Gasteiger partial charge in [0.25, 0.3) is 0 Å². The van der Waals surface area contributed by atoms with E-state index in [-0.39, 0.29) is 0 Å². The van der Waals surface area contributed by atoms with Crippen molar-refractivity contribution < 1.29 is 9.47 Å². The van der Waals surface area contributed by atoms with Gasteiger partial charge in [0.15, 0.2) is 11.5 Å². The van der Waals surface area contributed by atoms with Crippen molar-refractivity contribution in [1.82, 2.24) is 20.4 Å². The van der Waals surface area contributed by atoms with E-state index in [2.05, 4.69) is 26.5 Å². The van der Waals surface area contributed by atoms with Crippen LogP contribution in [0.15, 0.2) is 24.4 Å². The van der Waals surface area contributed by atoms with Crippen molar-refractivity contribution in [2.24, 2.45) is 5.41 Å². The van der Waals surface area contributed by atoms with Gasteiger partial charge in [-0.05, 0) is 68.9 Å². The van der Waals surface area contributed by atoms with Gasteiger partial charge in [0.2, 0.25) is 6.79 Å². The quantitative estimate of drug-likeness (QED) is 0.887. The molecule has 0 amide bonds. The Bertz CT molecular complexity index is 776. The van der Waals surface area contributed by atoms with Gasteiger partial charge in [0, 0.05) is 24.2 Å². The van der Waals surface area contributed by atoms with E-state index in [0.29, 0.717) is 12.2 Å². The highest BCUT2D eigenvalue weighted by atomic mass is 16.7. The summed E-state index contributed by atoms with van der Waals surface area (Å²) in [6.07, 6.45) is 7.28. The fourth-order valence-electron chi connectivity index (χ4n) is 4.78. The number of hydrogen-bond donors (Lipinski definition) is 2. The smallest absolute Gasteiger partial charge is 0.231 e. The van der Waals surface area contributed by atoms with Crippen molar-refractivity contribution in [3.8, 4) is 22.8 Å². The third kappa shape index (κ3) is 2.97. The van der Waals surface area contributed by atoms with E-state index in [1.165, 1.54) is 57.4 Å². The molecule has 0 saturated carbocycles. The Morgan fingerprint density at radius 1 is 1.12 bits per heavy atom. The Labute approximate surface area is 153 Å². The number of aromatic nitrogens is 2. The first-order chi connectivity index (χ1) is 12.8. The maximum Gasteiger partial charge on any atom is 0.231 e. The SMILES string of the molecule is c1cc2c(cc1-c1[nH]ncc1CN1CCCC3(CCNCC3)C1)OCO2. The predicted molar refractivity (Wildman–Crippen MR) is 99.2 cm³/mol. The maximum atomic E-state index is 5.53. The van der Waals surface area contributed by atoms with Crippen LogP contribution in [0.2, 0.25) is 0 Å². The molecule has 1 spiro atoms. The Morgan fingerprint density at radius 3 is 2.92 bits per heavy atom. The Balaban J connectivity index is 1.35. The molecule has 0 unspecified atom stereocenters. The molecule has 3 aliphatic heterocycles. The third-order valence-corrected chi connectivity index (χ3v) is 6.18. The molecule has 1 aromatic carbocycles. The number of benzene rings is 1. The molecular formula is C20H26N4O2. The zero-order valence-corrected chi connectivity index (χ0v) is 15.1. The van der Waals surface area contributed by atoms with Crippen molar-refractivity contribution in [2.45, 2.75) is 32.2 Å². The molecule has 2 N–H and O–H groups in total. The lowest BCUT2D eigenvalue weighted by atomic mass is 9.73. The number of rotatable bonds is 3. The Hall–Kier alpha value is -2.05. The first-order valence-electron chi connectivity index (χ1n) is 9.67. The number of aromatic amines is 1. The average Bonchev–Trinajstić information content (AvgIpc) is 3.31. The molecule has 0 atom stereocenters. The highest BCUT2D eigenvalue weighted by Gasteiger charge is 2.36. The molecular weight excluding hydrogens is 328 g/mol. The van der Waals surface area contributed by atoms with Crippen molar-refractivity contribution in [2.75, 3.05) is 33.0 Å². The topological polar surface area (TPSA) is 62.4 Å². The lowest BCUT2D eigenvalue weighted by Gasteiger charge is -2.45. The molecule has 0 bridgehead atoms. The van der Waals surface area contributed by atoms with Crippen LogP contribution in [0.3, 0.4) is 0 Å². The van der Waals surface area contributed by atoms with Crippen LogP contribution < -0.4 is 14.8 Å². The fourth-order valence-corrected chi connectivity index (χ4v) is 4.78. The summed E-state index contributed by atoms with van der Waals surface area (Å²) in [6.45, 7) is 5.99. The van der Waals surface area contributed by atoms with Gasteiger partial charge in [-0.3, -0.25) is 10.00 Å². The molecule has 5 rings (SSSR count). The van der Waals surface area contributed by atoms with E-state index in [1.54, 1.807) is 0 Å². The molecule has 26 heavy (non-hydrogen) atoms. The van der Waals surface area contributed by atoms with E-state index in [1.807, 2.05) is 18.3 Å². The molecule has 3 aliphatic rings. The van der Waals surface area contributed by atoms with Crippen LogP contribution in [0.1, 0.15) is 31.2 Å². The van der Waals surface area contributed by atoms with E-state index in [4.69, 9.17) is 9.47 Å². The summed E-state index contributed by atoms with van der Waals surface area (Å²) in [7, 11) is 0. The highest BCUT2D eigenvalue weighted by molar-refractivity contribution is 5.66. The van der Waals surface area contributed by atoms with Gasteiger partial charge < -0.3 is 14.8 Å². The van der Waals surface area contributed by atoms with Crippen LogP contribution in [0, 0.1) is 5.41 Å². The summed E-state index contributed by atoms with van der Waals surface area (Å²) in [4.78, 5) is 2.62. The first kappa shape index (κ1) is 16.1. The number of nitrogens with zero attached hydrogens (tertiary/aromatic N) is 2. The molecule has 6 nitrogen and oxygen atoms in total. The summed E-state index contributed by atoms with van der Waals surface area (Å²) in [5, 5.41) is 11.0. The molecule has 2 fully saturated rings. The second-order valence-electron chi connectivity index (χ2n) is 7.90. The molecule has 0 aliphatic carbocycles. The van der Waals surface area contributed by atoms with Gasteiger partial charge in [-0.1, -0.05) is 0 Å². The van der Waals surface area contributed by atoms with Crippen LogP contribution >= 0.6 is 0 Å². The molecule has 0 radical (unpaired) electrons. The fraction of sp³-hybridized carbons (Fsp3) is 0.550. The van der Waals surface area contributed by atoms with Gasteiger partial charge in [-0.15, -0.1) is 0 Å². The lowest BCUT2D eigenvalue weighted by molar-refractivity contribution is 0.0552. The number of fused-ring (bicyclic) bond motifs is 1. The Kier molecular flexibility index (Phi) is 4.10. The molecule has 2 saturated heterocycles. The van der Waals surface area contributed by atoms with Gasteiger partial charge in [-0.2, -0.15) is 5.10 Å². The van der Waals surface area contributed by atoms with Crippen molar-refractivity contribution in [3.63, 3.8) is 0 Å². The first-order valence-corrected chi connectivity index (χ1v) is 9.67. The predicted octanol–water partition coefficient (Wildman–Crippen LogP) is 2.77. The van der Waals surface area contributed by atoms with E-state index in [9.17, 15) is 0 Å². The third-order valence-electron chi connectivity index (χ3n) is 6.18. The minimum atomic E-state index is 0.305. The van der Waals surface area contributed by atoms with Crippen LogP contribution in [-0.2, 0) is 6.54 Å². The number of H-pyrrole nitrogens is 1. The molecule has 4 heterocycles. The second kappa shape index (κ2) is 6.59. The summed E-state index contributed by atoms with van der Waals surface area (Å²) in [6, 6.07) is 6.10. The van der Waals surface area contributed by atoms with Crippen LogP contribution in [0.4, 0.5) is 0 Å². The van der Waals surface area contributed by atoms with Crippen LogP contribution in [0.25, 0.3) is 11.3 Å². The minimum Gasteiger partial charge on any atom is -0.454 e. The number of ether oxygens (including phenoxy) is 2. The molecule has 1 aromatic heterocycles. The monoisotopic (exact) mass is 354 g/mol. The normalized spacial score (nSPS) is 22.0. The van der Waals surface area contributed by atoms with Gasteiger partial charge in [-0.25, -0.2) is 0 Å². The van der Waals surface area contributed by atoms with Crippen molar-refractivity contribution in [3.05, 3.63) is 30.0 Å². The van der Waals surface area contributed by atoms with E-state index < -0.39 is 0 Å². The van der Waals surface area contributed by atoms with Crippen molar-refractivity contribution >= 4 is 0 Å². The summed E-state index contributed by atoms with van der Waals surface area (Å²) >= 11 is 0. The largest absolute Gasteiger partial charge is 0.454 e. The number of likely N-dealkylation sites (tertiary alicyclic amines) is 1. The standard InChI is InChI=1S/C20H26N4O2/c1-4-20(5-7-21-8-6-20)13-24(9-1)12-16-11-22-23-19(16)15-2-3-17-18(10-15)26-14-25-17/h2-3,10-11,21H,1,4-9,12-14H2,(H,22,23).